The van der Waals surface area contributed by atoms with E-state index in [1.807, 2.05) is 67.1 Å². The molecule has 4 heterocycles. The summed E-state index contributed by atoms with van der Waals surface area (Å²) in [5.74, 6) is 0.842. The van der Waals surface area contributed by atoms with Crippen molar-refractivity contribution in [1.82, 2.24) is 24.5 Å². The summed E-state index contributed by atoms with van der Waals surface area (Å²) in [6, 6.07) is 19.4. The van der Waals surface area contributed by atoms with E-state index in [-0.39, 0.29) is 6.42 Å². The predicted molar refractivity (Wildman–Crippen MR) is 153 cm³/mol. The number of carbonyl (C=O) groups is 1. The topological polar surface area (TPSA) is 107 Å². The zero-order chi connectivity index (χ0) is 27.6. The third kappa shape index (κ3) is 5.27. The molecule has 1 atom stereocenters. The van der Waals surface area contributed by atoms with E-state index in [0.717, 1.165) is 70.2 Å². The molecule has 40 heavy (non-hydrogen) atoms. The SMILES string of the molecule is Cc1cc(C)n(-c2cccc(C(CC(=O)O)n3ncc4cc(OCCc5ccc6c(n5)NCCC6)ccc43)c2)n1. The lowest BCUT2D eigenvalue weighted by atomic mass is 10.0. The molecule has 0 bridgehead atoms. The maximum Gasteiger partial charge on any atom is 0.305 e. The molecule has 0 radical (unpaired) electrons. The zero-order valence-electron chi connectivity index (χ0n) is 22.7. The van der Waals surface area contributed by atoms with Crippen LogP contribution in [0.4, 0.5) is 5.82 Å². The minimum Gasteiger partial charge on any atom is -0.493 e. The minimum atomic E-state index is -0.892. The Bertz CT molecular complexity index is 1690. The highest BCUT2D eigenvalue weighted by Crippen LogP contribution is 2.30. The Morgan fingerprint density at radius 2 is 2.02 bits per heavy atom. The van der Waals surface area contributed by atoms with Crippen molar-refractivity contribution in [1.29, 1.82) is 0 Å². The Morgan fingerprint density at radius 1 is 1.12 bits per heavy atom. The summed E-state index contributed by atoms with van der Waals surface area (Å²) in [4.78, 5) is 16.7. The van der Waals surface area contributed by atoms with Gasteiger partial charge in [0.05, 0.1) is 42.2 Å². The Hall–Kier alpha value is -4.66. The predicted octanol–water partition coefficient (Wildman–Crippen LogP) is 5.28. The van der Waals surface area contributed by atoms with Crippen LogP contribution in [-0.4, -0.2) is 48.8 Å². The van der Waals surface area contributed by atoms with Crippen LogP contribution in [0, 0.1) is 13.8 Å². The highest BCUT2D eigenvalue weighted by molar-refractivity contribution is 5.81. The molecule has 2 N–H and O–H groups in total. The second-order valence-electron chi connectivity index (χ2n) is 10.3. The van der Waals surface area contributed by atoms with Gasteiger partial charge in [-0.05, 0) is 80.3 Å². The number of aryl methyl sites for hydroxylation is 3. The lowest BCUT2D eigenvalue weighted by molar-refractivity contribution is -0.137. The third-order valence-corrected chi connectivity index (χ3v) is 7.32. The number of aliphatic carboxylic acids is 1. The van der Waals surface area contributed by atoms with Gasteiger partial charge < -0.3 is 15.2 Å². The second-order valence-corrected chi connectivity index (χ2v) is 10.3. The number of benzene rings is 2. The molecule has 0 saturated heterocycles. The van der Waals surface area contributed by atoms with E-state index < -0.39 is 12.0 Å². The van der Waals surface area contributed by atoms with Crippen molar-refractivity contribution < 1.29 is 14.6 Å². The van der Waals surface area contributed by atoms with E-state index in [2.05, 4.69) is 27.6 Å². The van der Waals surface area contributed by atoms with Gasteiger partial charge >= 0.3 is 5.97 Å². The number of ether oxygens (including phenoxy) is 1. The van der Waals surface area contributed by atoms with Crippen molar-refractivity contribution in [3.8, 4) is 11.4 Å². The fourth-order valence-electron chi connectivity index (χ4n) is 5.42. The molecule has 2 aromatic carbocycles. The van der Waals surface area contributed by atoms with Gasteiger partial charge in [0.1, 0.15) is 11.6 Å². The van der Waals surface area contributed by atoms with E-state index in [0.29, 0.717) is 13.0 Å². The number of carboxylic acids is 1. The summed E-state index contributed by atoms with van der Waals surface area (Å²) < 4.78 is 9.72. The molecule has 204 valence electrons. The van der Waals surface area contributed by atoms with E-state index >= 15 is 0 Å². The van der Waals surface area contributed by atoms with Crippen LogP contribution < -0.4 is 10.1 Å². The Kier molecular flexibility index (Phi) is 6.94. The molecule has 0 fully saturated rings. The molecule has 1 aliphatic heterocycles. The molecule has 0 aliphatic carbocycles. The van der Waals surface area contributed by atoms with Crippen molar-refractivity contribution in [3.63, 3.8) is 0 Å². The first-order valence-corrected chi connectivity index (χ1v) is 13.6. The molecule has 0 spiro atoms. The number of hydrogen-bond acceptors (Lipinski definition) is 6. The molecule has 5 aromatic rings. The van der Waals surface area contributed by atoms with Gasteiger partial charge in [-0.1, -0.05) is 18.2 Å². The van der Waals surface area contributed by atoms with Crippen molar-refractivity contribution >= 4 is 22.7 Å². The van der Waals surface area contributed by atoms with Gasteiger partial charge in [0.25, 0.3) is 0 Å². The average Bonchev–Trinajstić information content (AvgIpc) is 3.53. The molecule has 0 amide bonds. The van der Waals surface area contributed by atoms with Crippen LogP contribution in [0.1, 0.15) is 47.1 Å². The first-order valence-electron chi connectivity index (χ1n) is 13.6. The van der Waals surface area contributed by atoms with Crippen LogP contribution in [0.3, 0.4) is 0 Å². The summed E-state index contributed by atoms with van der Waals surface area (Å²) in [6.45, 7) is 5.43. The first kappa shape index (κ1) is 25.6. The number of fused-ring (bicyclic) bond motifs is 2. The maximum absolute atomic E-state index is 11.9. The second kappa shape index (κ2) is 10.8. The molecule has 6 rings (SSSR count). The fraction of sp³-hybridized carbons (Fsp3) is 0.290. The molecular weight excluding hydrogens is 504 g/mol. The summed E-state index contributed by atoms with van der Waals surface area (Å²) >= 11 is 0. The van der Waals surface area contributed by atoms with Crippen LogP contribution in [0.15, 0.2) is 66.9 Å². The van der Waals surface area contributed by atoms with Crippen LogP contribution in [0.2, 0.25) is 0 Å². The number of rotatable bonds is 9. The van der Waals surface area contributed by atoms with Crippen LogP contribution in [0.25, 0.3) is 16.6 Å². The fourth-order valence-corrected chi connectivity index (χ4v) is 5.42. The summed E-state index contributed by atoms with van der Waals surface area (Å²) in [5, 5.41) is 23.2. The Labute approximate surface area is 232 Å². The van der Waals surface area contributed by atoms with Crippen molar-refractivity contribution in [2.75, 3.05) is 18.5 Å². The number of hydrogen-bond donors (Lipinski definition) is 2. The van der Waals surface area contributed by atoms with Gasteiger partial charge in [-0.3, -0.25) is 9.48 Å². The molecule has 9 nitrogen and oxygen atoms in total. The van der Waals surface area contributed by atoms with Crippen molar-refractivity contribution in [2.24, 2.45) is 0 Å². The average molecular weight is 537 g/mol. The number of aromatic nitrogens is 5. The van der Waals surface area contributed by atoms with Gasteiger partial charge in [-0.25, -0.2) is 9.67 Å². The maximum atomic E-state index is 11.9. The largest absolute Gasteiger partial charge is 0.493 e. The standard InChI is InChI=1S/C31H32N6O3/c1-20-15-21(2)36(35-20)26-7-3-5-23(16-26)29(18-30(38)39)37-28-11-10-27(17-24(28)19-33-37)40-14-12-25-9-8-22-6-4-13-32-31(22)34-25/h3,5,7-11,15-17,19,29H,4,6,12-14,18H2,1-2H3,(H,32,34)(H,38,39). The lowest BCUT2D eigenvalue weighted by Crippen LogP contribution is -2.16. The van der Waals surface area contributed by atoms with Gasteiger partial charge in [-0.15, -0.1) is 0 Å². The number of carboxylic acid groups (broad SMARTS) is 1. The quantitative estimate of drug-likeness (QED) is 0.264. The highest BCUT2D eigenvalue weighted by Gasteiger charge is 2.22. The van der Waals surface area contributed by atoms with Crippen LogP contribution >= 0.6 is 0 Å². The molecule has 9 heteroatoms. The first-order chi connectivity index (χ1) is 19.4. The Morgan fingerprint density at radius 3 is 2.85 bits per heavy atom. The molecule has 3 aromatic heterocycles. The van der Waals surface area contributed by atoms with E-state index in [4.69, 9.17) is 9.72 Å². The molecular formula is C31H32N6O3. The summed E-state index contributed by atoms with van der Waals surface area (Å²) in [5.41, 5.74) is 6.80. The Balaban J connectivity index is 1.22. The van der Waals surface area contributed by atoms with Gasteiger partial charge in [-0.2, -0.15) is 10.2 Å². The van der Waals surface area contributed by atoms with E-state index in [1.165, 1.54) is 5.56 Å². The molecule has 1 aliphatic rings. The summed E-state index contributed by atoms with van der Waals surface area (Å²) in [6.07, 6.45) is 4.59. The smallest absolute Gasteiger partial charge is 0.305 e. The number of nitrogens with zero attached hydrogens (tertiary/aromatic N) is 5. The minimum absolute atomic E-state index is 0.0990. The molecule has 0 saturated carbocycles. The van der Waals surface area contributed by atoms with E-state index in [9.17, 15) is 9.90 Å². The van der Waals surface area contributed by atoms with Crippen LogP contribution in [-0.2, 0) is 17.6 Å². The van der Waals surface area contributed by atoms with Gasteiger partial charge in [0.2, 0.25) is 0 Å². The molecule has 1 unspecified atom stereocenters. The van der Waals surface area contributed by atoms with E-state index in [1.54, 1.807) is 10.9 Å². The number of anilines is 1. The normalized spacial score (nSPS) is 13.6. The number of pyridine rings is 1. The van der Waals surface area contributed by atoms with Gasteiger partial charge in [0.15, 0.2) is 0 Å². The third-order valence-electron chi connectivity index (χ3n) is 7.32. The summed E-state index contributed by atoms with van der Waals surface area (Å²) in [7, 11) is 0. The van der Waals surface area contributed by atoms with Crippen LogP contribution in [0.5, 0.6) is 5.75 Å². The number of nitrogens with one attached hydrogen (secondary N) is 1. The van der Waals surface area contributed by atoms with Crippen molar-refractivity contribution in [3.05, 3.63) is 95.1 Å². The van der Waals surface area contributed by atoms with Gasteiger partial charge in [0, 0.05) is 29.7 Å². The van der Waals surface area contributed by atoms with Crippen molar-refractivity contribution in [2.45, 2.75) is 45.6 Å². The zero-order valence-corrected chi connectivity index (χ0v) is 22.7. The lowest BCUT2D eigenvalue weighted by Gasteiger charge is -2.19. The highest BCUT2D eigenvalue weighted by atomic mass is 16.5. The monoisotopic (exact) mass is 536 g/mol.